The predicted molar refractivity (Wildman–Crippen MR) is 103 cm³/mol. The van der Waals surface area contributed by atoms with Crippen molar-refractivity contribution in [3.63, 3.8) is 0 Å². The molecule has 1 aromatic carbocycles. The maximum absolute atomic E-state index is 12.3. The van der Waals surface area contributed by atoms with Gasteiger partial charge in [-0.15, -0.1) is 11.3 Å². The number of nitrogens with zero attached hydrogens (tertiary/aromatic N) is 2. The SMILES string of the molecule is Cc1cc(OC(C)C(=O)Nc2nc(-c3cccs3)ns2)cc(C)c1Cl. The highest BCUT2D eigenvalue weighted by atomic mass is 35.5. The number of hydrogen-bond donors (Lipinski definition) is 1. The fourth-order valence-corrected chi connectivity index (χ4v) is 3.63. The van der Waals surface area contributed by atoms with Crippen LogP contribution in [0.1, 0.15) is 18.1 Å². The first-order valence-electron chi connectivity index (χ1n) is 7.56. The Morgan fingerprint density at radius 1 is 1.32 bits per heavy atom. The van der Waals surface area contributed by atoms with Crippen molar-refractivity contribution < 1.29 is 9.53 Å². The second kappa shape index (κ2) is 7.51. The van der Waals surface area contributed by atoms with E-state index in [9.17, 15) is 4.79 Å². The second-order valence-corrected chi connectivity index (χ2v) is 7.60. The highest BCUT2D eigenvalue weighted by Crippen LogP contribution is 2.27. The van der Waals surface area contributed by atoms with Crippen LogP contribution in [0.4, 0.5) is 5.13 Å². The molecule has 2 heterocycles. The van der Waals surface area contributed by atoms with Crippen molar-refractivity contribution in [2.45, 2.75) is 26.9 Å². The third-order valence-corrected chi connectivity index (χ3v) is 5.58. The first kappa shape index (κ1) is 17.8. The number of benzene rings is 1. The van der Waals surface area contributed by atoms with Gasteiger partial charge in [0, 0.05) is 16.6 Å². The van der Waals surface area contributed by atoms with E-state index in [1.54, 1.807) is 18.3 Å². The van der Waals surface area contributed by atoms with E-state index in [0.717, 1.165) is 27.5 Å². The molecule has 0 aliphatic rings. The number of halogens is 1. The van der Waals surface area contributed by atoms with E-state index < -0.39 is 6.10 Å². The third-order valence-electron chi connectivity index (χ3n) is 3.49. The molecule has 1 unspecified atom stereocenters. The Balaban J connectivity index is 1.65. The highest BCUT2D eigenvalue weighted by Gasteiger charge is 2.18. The zero-order chi connectivity index (χ0) is 18.0. The molecule has 0 saturated heterocycles. The van der Waals surface area contributed by atoms with Crippen molar-refractivity contribution in [2.75, 3.05) is 5.32 Å². The van der Waals surface area contributed by atoms with E-state index in [0.29, 0.717) is 21.7 Å². The molecular weight excluding hydrogens is 378 g/mol. The number of carbonyl (C=O) groups excluding carboxylic acids is 1. The van der Waals surface area contributed by atoms with Gasteiger partial charge in [-0.05, 0) is 55.5 Å². The highest BCUT2D eigenvalue weighted by molar-refractivity contribution is 7.14. The van der Waals surface area contributed by atoms with Crippen LogP contribution in [0.2, 0.25) is 5.02 Å². The number of nitrogens with one attached hydrogen (secondary N) is 1. The van der Waals surface area contributed by atoms with Crippen LogP contribution in [0.15, 0.2) is 29.6 Å². The largest absolute Gasteiger partial charge is 0.481 e. The molecule has 0 aliphatic carbocycles. The zero-order valence-electron chi connectivity index (χ0n) is 13.9. The van der Waals surface area contributed by atoms with E-state index in [4.69, 9.17) is 16.3 Å². The summed E-state index contributed by atoms with van der Waals surface area (Å²) in [6, 6.07) is 7.51. The monoisotopic (exact) mass is 393 g/mol. The topological polar surface area (TPSA) is 64.1 Å². The Morgan fingerprint density at radius 2 is 2.04 bits per heavy atom. The van der Waals surface area contributed by atoms with Crippen LogP contribution in [0.3, 0.4) is 0 Å². The lowest BCUT2D eigenvalue weighted by Gasteiger charge is -2.15. The van der Waals surface area contributed by atoms with Gasteiger partial charge in [-0.2, -0.15) is 9.36 Å². The Kier molecular flexibility index (Phi) is 5.36. The summed E-state index contributed by atoms with van der Waals surface area (Å²) in [5.41, 5.74) is 1.82. The normalized spacial score (nSPS) is 12.0. The summed E-state index contributed by atoms with van der Waals surface area (Å²) in [5, 5.41) is 5.86. The molecule has 0 spiro atoms. The standard InChI is InChI=1S/C17H16ClN3O2S2/c1-9-7-12(8-10(2)14(9)18)23-11(3)16(22)20-17-19-15(21-25-17)13-5-4-6-24-13/h4-8,11H,1-3H3,(H,19,20,21,22). The van der Waals surface area contributed by atoms with Crippen molar-refractivity contribution in [1.29, 1.82) is 0 Å². The number of carbonyl (C=O) groups is 1. The number of aryl methyl sites for hydroxylation is 2. The molecule has 1 atom stereocenters. The molecule has 3 rings (SSSR count). The lowest BCUT2D eigenvalue weighted by atomic mass is 10.1. The number of anilines is 1. The molecule has 0 aliphatic heterocycles. The fraction of sp³-hybridized carbons (Fsp3) is 0.235. The molecule has 5 nitrogen and oxygen atoms in total. The molecule has 0 radical (unpaired) electrons. The second-order valence-electron chi connectivity index (χ2n) is 5.52. The van der Waals surface area contributed by atoms with Gasteiger partial charge >= 0.3 is 0 Å². The van der Waals surface area contributed by atoms with Crippen LogP contribution in [0.25, 0.3) is 10.7 Å². The molecule has 8 heteroatoms. The lowest BCUT2D eigenvalue weighted by molar-refractivity contribution is -0.122. The molecule has 1 N–H and O–H groups in total. The first-order chi connectivity index (χ1) is 11.9. The Labute approximate surface area is 158 Å². The minimum absolute atomic E-state index is 0.279. The maximum Gasteiger partial charge on any atom is 0.266 e. The summed E-state index contributed by atoms with van der Waals surface area (Å²) in [6.07, 6.45) is -0.672. The van der Waals surface area contributed by atoms with Crippen molar-refractivity contribution in [2.24, 2.45) is 0 Å². The van der Waals surface area contributed by atoms with Crippen molar-refractivity contribution in [3.8, 4) is 16.5 Å². The van der Waals surface area contributed by atoms with Crippen LogP contribution < -0.4 is 10.1 Å². The number of hydrogen-bond acceptors (Lipinski definition) is 6. The molecule has 2 aromatic heterocycles. The summed E-state index contributed by atoms with van der Waals surface area (Å²) < 4.78 is 9.99. The van der Waals surface area contributed by atoms with Gasteiger partial charge < -0.3 is 4.74 Å². The summed E-state index contributed by atoms with van der Waals surface area (Å²) in [6.45, 7) is 5.50. The van der Waals surface area contributed by atoms with Crippen LogP contribution in [-0.2, 0) is 4.79 Å². The fourth-order valence-electron chi connectivity index (χ4n) is 2.22. The number of amides is 1. The van der Waals surface area contributed by atoms with E-state index in [2.05, 4.69) is 14.7 Å². The smallest absolute Gasteiger partial charge is 0.266 e. The first-order valence-corrected chi connectivity index (χ1v) is 9.59. The van der Waals surface area contributed by atoms with Crippen LogP contribution in [0.5, 0.6) is 5.75 Å². The average molecular weight is 394 g/mol. The van der Waals surface area contributed by atoms with E-state index in [1.165, 1.54) is 0 Å². The number of thiophene rings is 1. The Bertz CT molecular complexity index is 870. The average Bonchev–Trinajstić information content (AvgIpc) is 3.23. The van der Waals surface area contributed by atoms with Gasteiger partial charge in [0.05, 0.1) is 4.88 Å². The quantitative estimate of drug-likeness (QED) is 0.666. The minimum Gasteiger partial charge on any atom is -0.481 e. The summed E-state index contributed by atoms with van der Waals surface area (Å²) in [7, 11) is 0. The van der Waals surface area contributed by atoms with Gasteiger partial charge in [0.2, 0.25) is 5.13 Å². The number of ether oxygens (including phenoxy) is 1. The lowest BCUT2D eigenvalue weighted by Crippen LogP contribution is -2.30. The van der Waals surface area contributed by atoms with Gasteiger partial charge in [0.25, 0.3) is 5.91 Å². The Morgan fingerprint density at radius 3 is 2.68 bits per heavy atom. The van der Waals surface area contributed by atoms with Crippen LogP contribution >= 0.6 is 34.5 Å². The van der Waals surface area contributed by atoms with E-state index in [1.807, 2.05) is 43.5 Å². The van der Waals surface area contributed by atoms with E-state index >= 15 is 0 Å². The molecule has 0 bridgehead atoms. The maximum atomic E-state index is 12.3. The zero-order valence-corrected chi connectivity index (χ0v) is 16.3. The summed E-state index contributed by atoms with van der Waals surface area (Å²) >= 11 is 8.85. The predicted octanol–water partition coefficient (Wildman–Crippen LogP) is 4.94. The minimum atomic E-state index is -0.672. The van der Waals surface area contributed by atoms with Crippen molar-refractivity contribution in [3.05, 3.63) is 45.8 Å². The number of aromatic nitrogens is 2. The molecule has 0 fully saturated rings. The molecule has 0 saturated carbocycles. The molecular formula is C17H16ClN3O2S2. The van der Waals surface area contributed by atoms with Crippen LogP contribution in [0, 0.1) is 13.8 Å². The van der Waals surface area contributed by atoms with Gasteiger partial charge in [-0.3, -0.25) is 10.1 Å². The molecule has 3 aromatic rings. The summed E-state index contributed by atoms with van der Waals surface area (Å²) in [5.74, 6) is 0.950. The van der Waals surface area contributed by atoms with Crippen LogP contribution in [-0.4, -0.2) is 21.4 Å². The molecule has 25 heavy (non-hydrogen) atoms. The Hall–Kier alpha value is -1.96. The van der Waals surface area contributed by atoms with Gasteiger partial charge in [-0.25, -0.2) is 0 Å². The van der Waals surface area contributed by atoms with E-state index in [-0.39, 0.29) is 5.91 Å². The van der Waals surface area contributed by atoms with Gasteiger partial charge in [-0.1, -0.05) is 17.7 Å². The van der Waals surface area contributed by atoms with Crippen molar-refractivity contribution >= 4 is 45.5 Å². The summed E-state index contributed by atoms with van der Waals surface area (Å²) in [4.78, 5) is 17.6. The van der Waals surface area contributed by atoms with Gasteiger partial charge in [0.1, 0.15) is 5.75 Å². The molecule has 1 amide bonds. The van der Waals surface area contributed by atoms with Gasteiger partial charge in [0.15, 0.2) is 11.9 Å². The molecule has 130 valence electrons. The van der Waals surface area contributed by atoms with Crippen molar-refractivity contribution in [1.82, 2.24) is 9.36 Å². The number of rotatable bonds is 5. The third kappa shape index (κ3) is 4.18.